The van der Waals surface area contributed by atoms with Crippen molar-refractivity contribution >= 4 is 5.97 Å². The van der Waals surface area contributed by atoms with E-state index in [4.69, 9.17) is 4.74 Å². The molecule has 0 aromatic heterocycles. The van der Waals surface area contributed by atoms with Crippen molar-refractivity contribution in [3.05, 3.63) is 36.0 Å². The fraction of sp³-hybridized carbons (Fsp3) is 0.650. The Morgan fingerprint density at radius 2 is 1.80 bits per heavy atom. The van der Waals surface area contributed by atoms with E-state index in [2.05, 4.69) is 0 Å². The van der Waals surface area contributed by atoms with Gasteiger partial charge in [0.2, 0.25) is 0 Å². The van der Waals surface area contributed by atoms with Gasteiger partial charge in [0.1, 0.15) is 6.10 Å². The summed E-state index contributed by atoms with van der Waals surface area (Å²) in [4.78, 5) is 12.1. The Balaban J connectivity index is 2.35. The van der Waals surface area contributed by atoms with E-state index in [0.29, 0.717) is 24.8 Å². The van der Waals surface area contributed by atoms with Crippen LogP contribution >= 0.6 is 0 Å². The molecular weight excluding hydrogens is 320 g/mol. The molecule has 0 radical (unpaired) electrons. The van der Waals surface area contributed by atoms with Gasteiger partial charge in [-0.25, -0.2) is 4.79 Å². The summed E-state index contributed by atoms with van der Waals surface area (Å²) in [5, 5.41) is 31.9. The van der Waals surface area contributed by atoms with Crippen molar-refractivity contribution < 1.29 is 24.9 Å². The molecule has 0 saturated heterocycles. The molecule has 0 spiro atoms. The van der Waals surface area contributed by atoms with Gasteiger partial charge in [-0.1, -0.05) is 38.2 Å². The number of aliphatic hydroxyl groups is 3. The Morgan fingerprint density at radius 3 is 2.44 bits per heavy atom. The van der Waals surface area contributed by atoms with Gasteiger partial charge in [0.25, 0.3) is 0 Å². The van der Waals surface area contributed by atoms with Crippen molar-refractivity contribution in [1.29, 1.82) is 0 Å². The summed E-state index contributed by atoms with van der Waals surface area (Å²) in [5.74, 6) is -0.459. The zero-order valence-electron chi connectivity index (χ0n) is 15.5. The molecule has 1 heterocycles. The van der Waals surface area contributed by atoms with E-state index in [1.807, 2.05) is 13.8 Å². The largest absolute Gasteiger partial charge is 0.455 e. The van der Waals surface area contributed by atoms with Gasteiger partial charge in [-0.15, -0.1) is 0 Å². The third-order valence-electron chi connectivity index (χ3n) is 5.06. The second kappa shape index (κ2) is 7.06. The van der Waals surface area contributed by atoms with Crippen molar-refractivity contribution in [2.45, 2.75) is 76.3 Å². The average molecular weight is 350 g/mol. The quantitative estimate of drug-likeness (QED) is 0.499. The molecule has 3 N–H and O–H groups in total. The van der Waals surface area contributed by atoms with Gasteiger partial charge >= 0.3 is 5.97 Å². The molecule has 0 unspecified atom stereocenters. The summed E-state index contributed by atoms with van der Waals surface area (Å²) in [7, 11) is 0. The maximum Gasteiger partial charge on any atom is 0.334 e. The molecule has 0 fully saturated rings. The first-order valence-electron chi connectivity index (χ1n) is 8.89. The Bertz CT molecular complexity index is 597. The van der Waals surface area contributed by atoms with E-state index in [9.17, 15) is 20.1 Å². The van der Waals surface area contributed by atoms with Gasteiger partial charge in [0.15, 0.2) is 0 Å². The standard InChI is InChI=1S/C20H30O5/c1-14(2)20(24)9-6-15-12-16(25-17(15)21)13-19(4,23)8-5-7-18(3,22)10-11-20/h5,8,10-12,14,16,22-24H,6-7,9,13H2,1-4H3/b8-5-,11-10-/t16-,18-,19+,20-/m1/s1. The first-order valence-corrected chi connectivity index (χ1v) is 8.89. The molecule has 2 bridgehead atoms. The van der Waals surface area contributed by atoms with Crippen LogP contribution in [-0.2, 0) is 9.53 Å². The van der Waals surface area contributed by atoms with Crippen molar-refractivity contribution in [2.75, 3.05) is 0 Å². The lowest BCUT2D eigenvalue weighted by Gasteiger charge is -2.30. The fourth-order valence-electron chi connectivity index (χ4n) is 3.14. The highest BCUT2D eigenvalue weighted by Gasteiger charge is 2.34. The lowest BCUT2D eigenvalue weighted by atomic mass is 9.82. The molecular formula is C20H30O5. The first kappa shape index (κ1) is 19.9. The van der Waals surface area contributed by atoms with Crippen molar-refractivity contribution in [3.63, 3.8) is 0 Å². The molecule has 0 amide bonds. The van der Waals surface area contributed by atoms with Crippen LogP contribution in [0.1, 0.15) is 53.4 Å². The molecule has 25 heavy (non-hydrogen) atoms. The second-order valence-electron chi connectivity index (χ2n) is 8.14. The predicted molar refractivity (Wildman–Crippen MR) is 95.7 cm³/mol. The smallest absolute Gasteiger partial charge is 0.334 e. The van der Waals surface area contributed by atoms with Gasteiger partial charge in [-0.2, -0.15) is 0 Å². The van der Waals surface area contributed by atoms with Crippen LogP contribution in [0.2, 0.25) is 0 Å². The minimum absolute atomic E-state index is 0.0717. The van der Waals surface area contributed by atoms with Crippen molar-refractivity contribution in [1.82, 2.24) is 0 Å². The van der Waals surface area contributed by atoms with Crippen LogP contribution in [0.5, 0.6) is 0 Å². The van der Waals surface area contributed by atoms with E-state index in [0.717, 1.165) is 0 Å². The van der Waals surface area contributed by atoms with Crippen LogP contribution in [0.4, 0.5) is 0 Å². The Labute approximate surface area is 149 Å². The third-order valence-corrected chi connectivity index (χ3v) is 5.06. The monoisotopic (exact) mass is 350 g/mol. The van der Waals surface area contributed by atoms with Crippen LogP contribution in [0.15, 0.2) is 36.0 Å². The number of carbonyl (C=O) groups is 1. The van der Waals surface area contributed by atoms with Gasteiger partial charge in [0.05, 0.1) is 16.8 Å². The molecule has 0 saturated carbocycles. The van der Waals surface area contributed by atoms with Gasteiger partial charge in [0, 0.05) is 12.0 Å². The highest BCUT2D eigenvalue weighted by molar-refractivity contribution is 5.90. The lowest BCUT2D eigenvalue weighted by Crippen LogP contribution is -2.34. The molecule has 1 aliphatic carbocycles. The number of hydrogen-bond donors (Lipinski definition) is 3. The average Bonchev–Trinajstić information content (AvgIpc) is 2.80. The summed E-state index contributed by atoms with van der Waals surface area (Å²) < 4.78 is 5.33. The van der Waals surface area contributed by atoms with Gasteiger partial charge in [-0.3, -0.25) is 0 Å². The normalized spacial score (nSPS) is 42.5. The van der Waals surface area contributed by atoms with E-state index in [-0.39, 0.29) is 18.3 Å². The second-order valence-corrected chi connectivity index (χ2v) is 8.14. The molecule has 0 aromatic rings. The van der Waals surface area contributed by atoms with E-state index in [1.165, 1.54) is 0 Å². The number of fused-ring (bicyclic) bond motifs is 1. The minimum atomic E-state index is -1.14. The third kappa shape index (κ3) is 5.27. The Kier molecular flexibility index (Phi) is 5.62. The number of rotatable bonds is 1. The molecule has 1 aliphatic heterocycles. The summed E-state index contributed by atoms with van der Waals surface area (Å²) in [6.07, 6.45) is 9.14. The molecule has 140 valence electrons. The zero-order valence-corrected chi connectivity index (χ0v) is 15.5. The topological polar surface area (TPSA) is 87.0 Å². The highest BCUT2D eigenvalue weighted by Crippen LogP contribution is 2.32. The molecule has 5 heteroatoms. The SMILES string of the molecule is CC(C)[C@]1(O)/C=C\[C@](C)(O)C/C=C\[C@](C)(O)C[C@H]2C=C(CC1)C(=O)O2. The van der Waals surface area contributed by atoms with Crippen molar-refractivity contribution in [2.24, 2.45) is 5.92 Å². The van der Waals surface area contributed by atoms with Crippen LogP contribution < -0.4 is 0 Å². The van der Waals surface area contributed by atoms with Crippen LogP contribution in [0, 0.1) is 5.92 Å². The zero-order chi connectivity index (χ0) is 18.9. The Hall–Kier alpha value is -1.43. The number of ether oxygens (including phenoxy) is 1. The lowest BCUT2D eigenvalue weighted by molar-refractivity contribution is -0.141. The molecule has 0 aromatic carbocycles. The van der Waals surface area contributed by atoms with Crippen LogP contribution in [-0.4, -0.2) is 44.2 Å². The number of esters is 1. The van der Waals surface area contributed by atoms with Crippen LogP contribution in [0.3, 0.4) is 0 Å². The summed E-state index contributed by atoms with van der Waals surface area (Å²) >= 11 is 0. The predicted octanol–water partition coefficient (Wildman–Crippen LogP) is 2.41. The van der Waals surface area contributed by atoms with Crippen molar-refractivity contribution in [3.8, 4) is 0 Å². The Morgan fingerprint density at radius 1 is 1.12 bits per heavy atom. The minimum Gasteiger partial charge on any atom is -0.455 e. The van der Waals surface area contributed by atoms with E-state index < -0.39 is 22.9 Å². The molecule has 4 atom stereocenters. The van der Waals surface area contributed by atoms with E-state index >= 15 is 0 Å². The molecule has 2 aliphatic rings. The summed E-state index contributed by atoms with van der Waals surface area (Å²) in [6.45, 7) is 7.12. The summed E-state index contributed by atoms with van der Waals surface area (Å²) in [6, 6.07) is 0. The maximum atomic E-state index is 12.1. The fourth-order valence-corrected chi connectivity index (χ4v) is 3.14. The number of carbonyl (C=O) groups excluding carboxylic acids is 1. The molecule has 5 nitrogen and oxygen atoms in total. The molecule has 2 rings (SSSR count). The summed E-state index contributed by atoms with van der Waals surface area (Å²) in [5.41, 5.74) is -2.87. The van der Waals surface area contributed by atoms with Gasteiger partial charge in [-0.05, 0) is 45.1 Å². The van der Waals surface area contributed by atoms with Crippen LogP contribution in [0.25, 0.3) is 0 Å². The van der Waals surface area contributed by atoms with Gasteiger partial charge < -0.3 is 20.1 Å². The number of hydrogen-bond acceptors (Lipinski definition) is 5. The maximum absolute atomic E-state index is 12.1. The highest BCUT2D eigenvalue weighted by atomic mass is 16.5. The first-order chi connectivity index (χ1) is 11.4. The van der Waals surface area contributed by atoms with E-state index in [1.54, 1.807) is 44.2 Å².